The first-order valence-electron chi connectivity index (χ1n) is 5.64. The van der Waals surface area contributed by atoms with Crippen molar-refractivity contribution in [2.24, 2.45) is 12.9 Å². The number of nitrogens with two attached hydrogens (primary N) is 1. The summed E-state index contributed by atoms with van der Waals surface area (Å²) in [7, 11) is 1.82. The summed E-state index contributed by atoms with van der Waals surface area (Å²) in [5.74, 6) is 7.79. The van der Waals surface area contributed by atoms with Crippen molar-refractivity contribution < 1.29 is 4.74 Å². The molecule has 2 rings (SSSR count). The largest absolute Gasteiger partial charge is 0.435 e. The highest BCUT2D eigenvalue weighted by molar-refractivity contribution is 5.48. The molecule has 0 saturated carbocycles. The van der Waals surface area contributed by atoms with Gasteiger partial charge in [-0.25, -0.2) is 10.8 Å². The average Bonchev–Trinajstić information content (AvgIpc) is 2.77. The summed E-state index contributed by atoms with van der Waals surface area (Å²) in [6.07, 6.45) is 4.10. The summed E-state index contributed by atoms with van der Waals surface area (Å²) in [5.41, 5.74) is 3.31. The molecule has 0 bridgehead atoms. The smallest absolute Gasteiger partial charge is 0.227 e. The molecule has 0 fully saturated rings. The molecule has 3 N–H and O–H groups in total. The topological polar surface area (TPSA) is 90.9 Å². The predicted octanol–water partition coefficient (Wildman–Crippen LogP) is 1.16. The minimum atomic E-state index is 0.489. The van der Waals surface area contributed by atoms with E-state index < -0.39 is 0 Å². The van der Waals surface area contributed by atoms with E-state index in [4.69, 9.17) is 10.6 Å². The number of hydrogen-bond acceptors (Lipinski definition) is 6. The minimum Gasteiger partial charge on any atom is -0.435 e. The first-order valence-corrected chi connectivity index (χ1v) is 5.64. The van der Waals surface area contributed by atoms with Crippen LogP contribution in [0, 0.1) is 6.92 Å². The molecule has 2 aromatic heterocycles. The van der Waals surface area contributed by atoms with Gasteiger partial charge in [-0.1, -0.05) is 6.92 Å². The summed E-state index contributed by atoms with van der Waals surface area (Å²) in [4.78, 5) is 8.61. The van der Waals surface area contributed by atoms with E-state index in [1.54, 1.807) is 17.1 Å². The molecule has 7 nitrogen and oxygen atoms in total. The summed E-state index contributed by atoms with van der Waals surface area (Å²) in [5, 5.41) is 4.04. The molecule has 2 heterocycles. The van der Waals surface area contributed by atoms with Crippen LogP contribution in [0.5, 0.6) is 11.6 Å². The Balaban J connectivity index is 2.36. The van der Waals surface area contributed by atoms with Crippen LogP contribution in [0.25, 0.3) is 0 Å². The van der Waals surface area contributed by atoms with Gasteiger partial charge in [0.05, 0.1) is 18.0 Å². The fraction of sp³-hybridized carbons (Fsp3) is 0.364. The standard InChI is InChI=1S/C11H16N6O/c1-4-9-14-10(16-12)7(2)11(15-9)18-8-5-13-17(3)6-8/h5-6H,4,12H2,1-3H3,(H,14,15,16). The van der Waals surface area contributed by atoms with Crippen LogP contribution in [0.2, 0.25) is 0 Å². The lowest BCUT2D eigenvalue weighted by molar-refractivity contribution is 0.454. The number of ether oxygens (including phenoxy) is 1. The Morgan fingerprint density at radius 2 is 2.22 bits per heavy atom. The van der Waals surface area contributed by atoms with Gasteiger partial charge in [-0.05, 0) is 6.92 Å². The molecule has 96 valence electrons. The second-order valence-electron chi connectivity index (χ2n) is 3.87. The third kappa shape index (κ3) is 2.40. The zero-order valence-electron chi connectivity index (χ0n) is 10.6. The molecule has 0 atom stereocenters. The molecule has 0 spiro atoms. The number of nitrogen functional groups attached to an aromatic ring is 1. The monoisotopic (exact) mass is 248 g/mol. The van der Waals surface area contributed by atoms with E-state index >= 15 is 0 Å². The Morgan fingerprint density at radius 1 is 1.44 bits per heavy atom. The van der Waals surface area contributed by atoms with Gasteiger partial charge >= 0.3 is 0 Å². The molecular formula is C11H16N6O. The molecule has 0 radical (unpaired) electrons. The van der Waals surface area contributed by atoms with Gasteiger partial charge in [0.15, 0.2) is 5.75 Å². The van der Waals surface area contributed by atoms with Crippen molar-refractivity contribution >= 4 is 5.82 Å². The third-order valence-electron chi connectivity index (χ3n) is 2.50. The van der Waals surface area contributed by atoms with Gasteiger partial charge in [-0.3, -0.25) is 4.68 Å². The quantitative estimate of drug-likeness (QED) is 0.623. The fourth-order valence-corrected chi connectivity index (χ4v) is 1.50. The zero-order chi connectivity index (χ0) is 13.1. The summed E-state index contributed by atoms with van der Waals surface area (Å²) >= 11 is 0. The highest BCUT2D eigenvalue weighted by atomic mass is 16.5. The van der Waals surface area contributed by atoms with Crippen LogP contribution in [0.3, 0.4) is 0 Å². The second-order valence-corrected chi connectivity index (χ2v) is 3.87. The van der Waals surface area contributed by atoms with E-state index in [1.807, 2.05) is 20.9 Å². The minimum absolute atomic E-state index is 0.489. The molecule has 0 unspecified atom stereocenters. The highest BCUT2D eigenvalue weighted by Crippen LogP contribution is 2.26. The van der Waals surface area contributed by atoms with Crippen molar-refractivity contribution in [3.63, 3.8) is 0 Å². The average molecular weight is 248 g/mol. The van der Waals surface area contributed by atoms with Crippen LogP contribution in [-0.4, -0.2) is 19.7 Å². The van der Waals surface area contributed by atoms with Gasteiger partial charge in [0, 0.05) is 13.5 Å². The highest BCUT2D eigenvalue weighted by Gasteiger charge is 2.12. The maximum atomic E-state index is 5.68. The lowest BCUT2D eigenvalue weighted by atomic mass is 10.3. The molecule has 18 heavy (non-hydrogen) atoms. The van der Waals surface area contributed by atoms with Gasteiger partial charge in [-0.15, -0.1) is 0 Å². The Labute approximate surface area is 105 Å². The van der Waals surface area contributed by atoms with E-state index in [0.717, 1.165) is 5.56 Å². The van der Waals surface area contributed by atoms with Crippen LogP contribution in [0.15, 0.2) is 12.4 Å². The number of aromatic nitrogens is 4. The Hall–Kier alpha value is -2.15. The number of nitrogens with zero attached hydrogens (tertiary/aromatic N) is 4. The van der Waals surface area contributed by atoms with E-state index in [0.29, 0.717) is 29.7 Å². The number of nitrogens with one attached hydrogen (secondary N) is 1. The van der Waals surface area contributed by atoms with E-state index in [1.165, 1.54) is 0 Å². The van der Waals surface area contributed by atoms with Crippen LogP contribution in [0.1, 0.15) is 18.3 Å². The molecule has 7 heteroatoms. The van der Waals surface area contributed by atoms with Gasteiger partial charge < -0.3 is 10.2 Å². The van der Waals surface area contributed by atoms with E-state index in [-0.39, 0.29) is 0 Å². The van der Waals surface area contributed by atoms with Gasteiger partial charge in [0.1, 0.15) is 11.6 Å². The lowest BCUT2D eigenvalue weighted by Gasteiger charge is -2.10. The van der Waals surface area contributed by atoms with Crippen LogP contribution in [0.4, 0.5) is 5.82 Å². The second kappa shape index (κ2) is 5.01. The number of aryl methyl sites for hydroxylation is 2. The fourth-order valence-electron chi connectivity index (χ4n) is 1.50. The van der Waals surface area contributed by atoms with Gasteiger partial charge in [0.25, 0.3) is 0 Å². The van der Waals surface area contributed by atoms with Crippen molar-refractivity contribution in [2.75, 3.05) is 5.43 Å². The van der Waals surface area contributed by atoms with E-state index in [9.17, 15) is 0 Å². The molecule has 0 aromatic carbocycles. The molecule has 0 amide bonds. The first-order chi connectivity index (χ1) is 8.63. The maximum Gasteiger partial charge on any atom is 0.227 e. The summed E-state index contributed by atoms with van der Waals surface area (Å²) < 4.78 is 7.35. The van der Waals surface area contributed by atoms with Crippen molar-refractivity contribution in [1.29, 1.82) is 0 Å². The SMILES string of the molecule is CCc1nc(NN)c(C)c(Oc2cnn(C)c2)n1. The Kier molecular flexibility index (Phi) is 3.42. The van der Waals surface area contributed by atoms with Crippen molar-refractivity contribution in [2.45, 2.75) is 20.3 Å². The Bertz CT molecular complexity index is 550. The van der Waals surface area contributed by atoms with E-state index in [2.05, 4.69) is 20.5 Å². The van der Waals surface area contributed by atoms with Crippen molar-refractivity contribution in [3.05, 3.63) is 23.8 Å². The van der Waals surface area contributed by atoms with Crippen molar-refractivity contribution in [1.82, 2.24) is 19.7 Å². The summed E-state index contributed by atoms with van der Waals surface area (Å²) in [6, 6.07) is 0. The van der Waals surface area contributed by atoms with Gasteiger partial charge in [-0.2, -0.15) is 10.1 Å². The number of anilines is 1. The number of rotatable bonds is 4. The molecule has 2 aromatic rings. The molecular weight excluding hydrogens is 232 g/mol. The summed E-state index contributed by atoms with van der Waals surface area (Å²) in [6.45, 7) is 3.82. The normalized spacial score (nSPS) is 10.4. The third-order valence-corrected chi connectivity index (χ3v) is 2.50. The zero-order valence-corrected chi connectivity index (χ0v) is 10.6. The first kappa shape index (κ1) is 12.3. The number of hydrazine groups is 1. The predicted molar refractivity (Wildman–Crippen MR) is 67.2 cm³/mol. The van der Waals surface area contributed by atoms with Crippen molar-refractivity contribution in [3.8, 4) is 11.6 Å². The van der Waals surface area contributed by atoms with Crippen LogP contribution >= 0.6 is 0 Å². The molecule has 0 saturated heterocycles. The number of hydrogen-bond donors (Lipinski definition) is 2. The van der Waals surface area contributed by atoms with Crippen LogP contribution in [-0.2, 0) is 13.5 Å². The lowest BCUT2D eigenvalue weighted by Crippen LogP contribution is -2.13. The maximum absolute atomic E-state index is 5.68. The molecule has 0 aliphatic heterocycles. The molecule has 0 aliphatic rings. The van der Waals surface area contributed by atoms with Gasteiger partial charge in [0.2, 0.25) is 5.88 Å². The van der Waals surface area contributed by atoms with Crippen LogP contribution < -0.4 is 16.0 Å². The molecule has 0 aliphatic carbocycles. The Morgan fingerprint density at radius 3 is 2.78 bits per heavy atom.